The topological polar surface area (TPSA) is 63.2 Å². The molecule has 0 bridgehead atoms. The van der Waals surface area contributed by atoms with Crippen LogP contribution in [0.25, 0.3) is 0 Å². The predicted molar refractivity (Wildman–Crippen MR) is 83.9 cm³/mol. The molecule has 7 heteroatoms. The second-order valence-electron chi connectivity index (χ2n) is 5.66. The van der Waals surface area contributed by atoms with Crippen LogP contribution in [0.15, 0.2) is 41.4 Å². The molecule has 0 aliphatic carbocycles. The zero-order chi connectivity index (χ0) is 16.4. The van der Waals surface area contributed by atoms with Crippen LogP contribution in [0.4, 0.5) is 4.39 Å². The Hall–Kier alpha value is -1.86. The maximum Gasteiger partial charge on any atom is 0.246 e. The number of benzene rings is 1. The first-order valence-corrected chi connectivity index (χ1v) is 8.97. The first-order valence-electron chi connectivity index (χ1n) is 7.53. The zero-order valence-corrected chi connectivity index (χ0v) is 13.6. The second-order valence-corrected chi connectivity index (χ2v) is 7.57. The molecule has 3 rings (SSSR count). The van der Waals surface area contributed by atoms with E-state index >= 15 is 0 Å². The lowest BCUT2D eigenvalue weighted by Gasteiger charge is -2.31. The van der Waals surface area contributed by atoms with Crippen molar-refractivity contribution in [2.24, 2.45) is 0 Å². The fraction of sp³-hybridized carbons (Fsp3) is 0.375. The number of hydrogen-bond acceptors (Lipinski definition) is 4. The van der Waals surface area contributed by atoms with E-state index in [4.69, 9.17) is 0 Å². The highest BCUT2D eigenvalue weighted by atomic mass is 32.2. The fourth-order valence-corrected chi connectivity index (χ4v) is 4.49. The SMILES string of the molecule is Cc1nccc([C@H]2CCCN(S(=O)(=O)c3ccccc3F)C2)n1. The normalized spacial score (nSPS) is 19.7. The number of sulfonamides is 1. The van der Waals surface area contributed by atoms with E-state index < -0.39 is 15.8 Å². The third kappa shape index (κ3) is 3.25. The van der Waals surface area contributed by atoms with Crippen LogP contribution in [0.5, 0.6) is 0 Å². The number of nitrogens with zero attached hydrogens (tertiary/aromatic N) is 3. The van der Waals surface area contributed by atoms with Gasteiger partial charge in [-0.05, 0) is 38.0 Å². The Morgan fingerprint density at radius 2 is 2.04 bits per heavy atom. The molecule has 0 N–H and O–H groups in total. The standard InChI is InChI=1S/C16H18FN3O2S/c1-12-18-9-8-15(19-12)13-5-4-10-20(11-13)23(21,22)16-7-3-2-6-14(16)17/h2-3,6-9,13H,4-5,10-11H2,1H3/t13-/m0/s1. The highest BCUT2D eigenvalue weighted by Crippen LogP contribution is 2.29. The summed E-state index contributed by atoms with van der Waals surface area (Å²) in [6.07, 6.45) is 3.27. The molecule has 0 unspecified atom stereocenters. The number of aromatic nitrogens is 2. The number of halogens is 1. The highest BCUT2D eigenvalue weighted by molar-refractivity contribution is 7.89. The highest BCUT2D eigenvalue weighted by Gasteiger charge is 2.32. The molecule has 23 heavy (non-hydrogen) atoms. The minimum Gasteiger partial charge on any atom is -0.242 e. The van der Waals surface area contributed by atoms with E-state index in [0.29, 0.717) is 18.9 Å². The molecule has 1 fully saturated rings. The van der Waals surface area contributed by atoms with Crippen LogP contribution in [-0.4, -0.2) is 35.8 Å². The summed E-state index contributed by atoms with van der Waals surface area (Å²) in [6.45, 7) is 2.52. The summed E-state index contributed by atoms with van der Waals surface area (Å²) in [4.78, 5) is 8.20. The third-order valence-corrected chi connectivity index (χ3v) is 5.95. The summed E-state index contributed by atoms with van der Waals surface area (Å²) < 4.78 is 40.7. The van der Waals surface area contributed by atoms with Crippen molar-refractivity contribution in [3.8, 4) is 0 Å². The first kappa shape index (κ1) is 16.0. The van der Waals surface area contributed by atoms with Crippen molar-refractivity contribution in [3.63, 3.8) is 0 Å². The van der Waals surface area contributed by atoms with Crippen molar-refractivity contribution in [3.05, 3.63) is 53.9 Å². The fourth-order valence-electron chi connectivity index (χ4n) is 2.90. The lowest BCUT2D eigenvalue weighted by Crippen LogP contribution is -2.39. The number of aryl methyl sites for hydroxylation is 1. The summed E-state index contributed by atoms with van der Waals surface area (Å²) in [5, 5.41) is 0. The Bertz CT molecular complexity index is 810. The molecule has 0 amide bonds. The van der Waals surface area contributed by atoms with Crippen molar-refractivity contribution in [1.82, 2.24) is 14.3 Å². The smallest absolute Gasteiger partial charge is 0.242 e. The van der Waals surface area contributed by atoms with Crippen LogP contribution in [0.1, 0.15) is 30.3 Å². The van der Waals surface area contributed by atoms with E-state index in [0.717, 1.165) is 18.5 Å². The minimum atomic E-state index is -3.83. The molecule has 0 saturated carbocycles. The quantitative estimate of drug-likeness (QED) is 0.864. The Balaban J connectivity index is 1.88. The molecular formula is C16H18FN3O2S. The molecule has 1 aromatic heterocycles. The second kappa shape index (κ2) is 6.33. The molecule has 2 aromatic rings. The van der Waals surface area contributed by atoms with Crippen LogP contribution in [0.3, 0.4) is 0 Å². The minimum absolute atomic E-state index is 0.00648. The largest absolute Gasteiger partial charge is 0.246 e. The molecule has 1 aromatic carbocycles. The zero-order valence-electron chi connectivity index (χ0n) is 12.8. The Morgan fingerprint density at radius 3 is 2.78 bits per heavy atom. The van der Waals surface area contributed by atoms with Crippen LogP contribution in [-0.2, 0) is 10.0 Å². The van der Waals surface area contributed by atoms with Crippen molar-refractivity contribution >= 4 is 10.0 Å². The number of rotatable bonds is 3. The maximum absolute atomic E-state index is 13.9. The maximum atomic E-state index is 13.9. The van der Waals surface area contributed by atoms with E-state index in [1.807, 2.05) is 6.07 Å². The summed E-state index contributed by atoms with van der Waals surface area (Å²) in [7, 11) is -3.83. The molecular weight excluding hydrogens is 317 g/mol. The summed E-state index contributed by atoms with van der Waals surface area (Å²) in [6, 6.07) is 7.31. The Kier molecular flexibility index (Phi) is 4.41. The van der Waals surface area contributed by atoms with E-state index in [1.165, 1.54) is 28.6 Å². The molecule has 1 atom stereocenters. The van der Waals surface area contributed by atoms with Gasteiger partial charge in [0.25, 0.3) is 0 Å². The van der Waals surface area contributed by atoms with Crippen LogP contribution >= 0.6 is 0 Å². The van der Waals surface area contributed by atoms with Gasteiger partial charge in [0.2, 0.25) is 10.0 Å². The molecule has 5 nitrogen and oxygen atoms in total. The van der Waals surface area contributed by atoms with Gasteiger partial charge in [-0.15, -0.1) is 0 Å². The van der Waals surface area contributed by atoms with Crippen LogP contribution < -0.4 is 0 Å². The third-order valence-electron chi connectivity index (χ3n) is 4.05. The van der Waals surface area contributed by atoms with Gasteiger partial charge in [-0.3, -0.25) is 0 Å². The average Bonchev–Trinajstić information content (AvgIpc) is 2.55. The molecule has 1 aliphatic rings. The van der Waals surface area contributed by atoms with Gasteiger partial charge in [0.1, 0.15) is 16.5 Å². The number of hydrogen-bond donors (Lipinski definition) is 0. The summed E-state index contributed by atoms with van der Waals surface area (Å²) in [5.41, 5.74) is 0.839. The van der Waals surface area contributed by atoms with Gasteiger partial charge in [0.05, 0.1) is 0 Å². The molecule has 1 saturated heterocycles. The van der Waals surface area contributed by atoms with Gasteiger partial charge in [-0.1, -0.05) is 12.1 Å². The molecule has 2 heterocycles. The Morgan fingerprint density at radius 1 is 1.26 bits per heavy atom. The van der Waals surface area contributed by atoms with Crippen molar-refractivity contribution in [2.75, 3.05) is 13.1 Å². The first-order chi connectivity index (χ1) is 11.0. The monoisotopic (exact) mass is 335 g/mol. The van der Waals surface area contributed by atoms with E-state index in [9.17, 15) is 12.8 Å². The van der Waals surface area contributed by atoms with Gasteiger partial charge < -0.3 is 0 Å². The summed E-state index contributed by atoms with van der Waals surface area (Å²) in [5.74, 6) is -0.0453. The van der Waals surface area contributed by atoms with Gasteiger partial charge >= 0.3 is 0 Å². The van der Waals surface area contributed by atoms with Crippen molar-refractivity contribution in [1.29, 1.82) is 0 Å². The van der Waals surface area contributed by atoms with Gasteiger partial charge in [-0.2, -0.15) is 4.31 Å². The molecule has 0 spiro atoms. The lowest BCUT2D eigenvalue weighted by molar-refractivity contribution is 0.311. The summed E-state index contributed by atoms with van der Waals surface area (Å²) >= 11 is 0. The Labute approximate surface area is 135 Å². The van der Waals surface area contributed by atoms with Gasteiger partial charge in [-0.25, -0.2) is 22.8 Å². The van der Waals surface area contributed by atoms with Crippen LogP contribution in [0, 0.1) is 12.7 Å². The van der Waals surface area contributed by atoms with E-state index in [-0.39, 0.29) is 10.8 Å². The van der Waals surface area contributed by atoms with Crippen LogP contribution in [0.2, 0.25) is 0 Å². The average molecular weight is 335 g/mol. The number of piperidine rings is 1. The van der Waals surface area contributed by atoms with Crippen molar-refractivity contribution in [2.45, 2.75) is 30.6 Å². The van der Waals surface area contributed by atoms with E-state index in [2.05, 4.69) is 9.97 Å². The van der Waals surface area contributed by atoms with E-state index in [1.54, 1.807) is 13.1 Å². The van der Waals surface area contributed by atoms with Crippen molar-refractivity contribution < 1.29 is 12.8 Å². The van der Waals surface area contributed by atoms with Gasteiger partial charge in [0, 0.05) is 30.9 Å². The molecule has 122 valence electrons. The lowest BCUT2D eigenvalue weighted by atomic mass is 9.96. The van der Waals surface area contributed by atoms with Gasteiger partial charge in [0.15, 0.2) is 0 Å². The molecule has 1 aliphatic heterocycles. The molecule has 0 radical (unpaired) electrons. The predicted octanol–water partition coefficient (Wildman–Crippen LogP) is 2.49.